The van der Waals surface area contributed by atoms with Crippen molar-refractivity contribution in [2.75, 3.05) is 6.61 Å². The van der Waals surface area contributed by atoms with Crippen molar-refractivity contribution in [2.24, 2.45) is 0 Å². The van der Waals surface area contributed by atoms with Gasteiger partial charge >= 0.3 is 0 Å². The fourth-order valence-corrected chi connectivity index (χ4v) is 1.34. The van der Waals surface area contributed by atoms with E-state index in [4.69, 9.17) is 5.11 Å². The number of rotatable bonds is 6. The quantitative estimate of drug-likeness (QED) is 0.748. The molecule has 0 spiro atoms. The number of carbonyl (C=O) groups is 1. The van der Waals surface area contributed by atoms with Crippen LogP contribution in [0.25, 0.3) is 0 Å². The Bertz CT molecular complexity index is 383. The van der Waals surface area contributed by atoms with Crippen LogP contribution < -0.4 is 5.32 Å². The van der Waals surface area contributed by atoms with E-state index < -0.39 is 11.6 Å². The molecule has 0 aliphatic heterocycles. The normalized spacial score (nSPS) is 10.3. The van der Waals surface area contributed by atoms with Crippen molar-refractivity contribution in [1.29, 1.82) is 0 Å². The lowest BCUT2D eigenvalue weighted by atomic mass is 10.2. The SMILES string of the molecule is O=C(CCCCO)NCc1ccc(F)cc1F. The van der Waals surface area contributed by atoms with Crippen molar-refractivity contribution in [2.45, 2.75) is 25.8 Å². The van der Waals surface area contributed by atoms with Gasteiger partial charge in [-0.05, 0) is 18.9 Å². The number of aliphatic hydroxyl groups excluding tert-OH is 1. The van der Waals surface area contributed by atoms with Crippen molar-refractivity contribution in [3.8, 4) is 0 Å². The third-order valence-corrected chi connectivity index (χ3v) is 2.30. The molecule has 1 rings (SSSR count). The highest BCUT2D eigenvalue weighted by Crippen LogP contribution is 2.09. The maximum absolute atomic E-state index is 13.2. The lowest BCUT2D eigenvalue weighted by molar-refractivity contribution is -0.121. The Morgan fingerprint density at radius 3 is 2.71 bits per heavy atom. The van der Waals surface area contributed by atoms with E-state index in [1.54, 1.807) is 0 Å². The van der Waals surface area contributed by atoms with E-state index >= 15 is 0 Å². The molecule has 0 bridgehead atoms. The van der Waals surface area contributed by atoms with E-state index in [0.29, 0.717) is 19.3 Å². The van der Waals surface area contributed by atoms with Crippen LogP contribution in [0.1, 0.15) is 24.8 Å². The summed E-state index contributed by atoms with van der Waals surface area (Å²) >= 11 is 0. The standard InChI is InChI=1S/C12H15F2NO2/c13-10-5-4-9(11(14)7-10)8-15-12(17)3-1-2-6-16/h4-5,7,16H,1-3,6,8H2,(H,15,17). The van der Waals surface area contributed by atoms with Crippen LogP contribution in [0.3, 0.4) is 0 Å². The molecule has 2 N–H and O–H groups in total. The molecule has 0 heterocycles. The van der Waals surface area contributed by atoms with Gasteiger partial charge in [-0.3, -0.25) is 4.79 Å². The van der Waals surface area contributed by atoms with Crippen molar-refractivity contribution < 1.29 is 18.7 Å². The molecule has 1 aromatic carbocycles. The predicted octanol–water partition coefficient (Wildman–Crippen LogP) is 1.74. The average Bonchev–Trinajstić information content (AvgIpc) is 2.28. The first-order valence-corrected chi connectivity index (χ1v) is 5.45. The molecule has 0 aromatic heterocycles. The van der Waals surface area contributed by atoms with Gasteiger partial charge in [0.2, 0.25) is 5.91 Å². The lowest BCUT2D eigenvalue weighted by Gasteiger charge is -2.06. The molecule has 0 atom stereocenters. The number of aliphatic hydroxyl groups is 1. The van der Waals surface area contributed by atoms with Crippen LogP contribution in [0.15, 0.2) is 18.2 Å². The summed E-state index contributed by atoms with van der Waals surface area (Å²) in [5.41, 5.74) is 0.252. The van der Waals surface area contributed by atoms with Crippen LogP contribution >= 0.6 is 0 Å². The van der Waals surface area contributed by atoms with Gasteiger partial charge in [-0.2, -0.15) is 0 Å². The zero-order chi connectivity index (χ0) is 12.7. The first-order valence-electron chi connectivity index (χ1n) is 5.45. The average molecular weight is 243 g/mol. The van der Waals surface area contributed by atoms with Crippen LogP contribution in [0, 0.1) is 11.6 Å². The number of unbranched alkanes of at least 4 members (excludes halogenated alkanes) is 1. The van der Waals surface area contributed by atoms with Crippen LogP contribution in [-0.2, 0) is 11.3 Å². The molecule has 1 aromatic rings. The second kappa shape index (κ2) is 6.96. The smallest absolute Gasteiger partial charge is 0.220 e. The Labute approximate surface area is 98.5 Å². The maximum Gasteiger partial charge on any atom is 0.220 e. The van der Waals surface area contributed by atoms with E-state index in [2.05, 4.69) is 5.32 Å². The van der Waals surface area contributed by atoms with Crippen molar-refractivity contribution in [3.63, 3.8) is 0 Å². The molecule has 1 amide bonds. The van der Waals surface area contributed by atoms with Gasteiger partial charge in [0.15, 0.2) is 0 Å². The lowest BCUT2D eigenvalue weighted by Crippen LogP contribution is -2.23. The Kier molecular flexibility index (Phi) is 5.56. The first kappa shape index (κ1) is 13.6. The second-order valence-corrected chi connectivity index (χ2v) is 3.69. The fraction of sp³-hybridized carbons (Fsp3) is 0.417. The number of amides is 1. The number of nitrogens with one attached hydrogen (secondary N) is 1. The van der Waals surface area contributed by atoms with Gasteiger partial charge in [0.25, 0.3) is 0 Å². The molecule has 94 valence electrons. The molecule has 3 nitrogen and oxygen atoms in total. The fourth-order valence-electron chi connectivity index (χ4n) is 1.34. The third-order valence-electron chi connectivity index (χ3n) is 2.30. The Morgan fingerprint density at radius 2 is 2.06 bits per heavy atom. The summed E-state index contributed by atoms with van der Waals surface area (Å²) in [6, 6.07) is 3.24. The van der Waals surface area contributed by atoms with Gasteiger partial charge in [0.1, 0.15) is 11.6 Å². The third kappa shape index (κ3) is 4.91. The zero-order valence-corrected chi connectivity index (χ0v) is 9.38. The maximum atomic E-state index is 13.2. The molecule has 0 saturated heterocycles. The summed E-state index contributed by atoms with van der Waals surface area (Å²) in [6.45, 7) is 0.101. The minimum Gasteiger partial charge on any atom is -0.396 e. The van der Waals surface area contributed by atoms with Gasteiger partial charge in [-0.1, -0.05) is 6.07 Å². The van der Waals surface area contributed by atoms with E-state index in [1.807, 2.05) is 0 Å². The van der Waals surface area contributed by atoms with E-state index in [9.17, 15) is 13.6 Å². The molecular formula is C12H15F2NO2. The molecular weight excluding hydrogens is 228 g/mol. The highest BCUT2D eigenvalue weighted by atomic mass is 19.1. The van der Waals surface area contributed by atoms with Crippen LogP contribution in [0.5, 0.6) is 0 Å². The van der Waals surface area contributed by atoms with Crippen LogP contribution in [0.2, 0.25) is 0 Å². The topological polar surface area (TPSA) is 49.3 Å². The molecule has 0 aliphatic rings. The summed E-state index contributed by atoms with van der Waals surface area (Å²) in [4.78, 5) is 11.3. The number of hydrogen-bond acceptors (Lipinski definition) is 2. The molecule has 0 aliphatic carbocycles. The zero-order valence-electron chi connectivity index (χ0n) is 9.38. The van der Waals surface area contributed by atoms with Crippen molar-refractivity contribution in [1.82, 2.24) is 5.32 Å². The van der Waals surface area contributed by atoms with Gasteiger partial charge in [-0.15, -0.1) is 0 Å². The molecule has 0 unspecified atom stereocenters. The summed E-state index contributed by atoms with van der Waals surface area (Å²) in [6.07, 6.45) is 1.45. The monoisotopic (exact) mass is 243 g/mol. The summed E-state index contributed by atoms with van der Waals surface area (Å²) in [5.74, 6) is -1.51. The van der Waals surface area contributed by atoms with Crippen molar-refractivity contribution >= 4 is 5.91 Å². The van der Waals surface area contributed by atoms with E-state index in [-0.39, 0.29) is 24.6 Å². The van der Waals surface area contributed by atoms with Gasteiger partial charge in [0, 0.05) is 31.2 Å². The second-order valence-electron chi connectivity index (χ2n) is 3.69. The molecule has 5 heteroatoms. The van der Waals surface area contributed by atoms with Gasteiger partial charge in [-0.25, -0.2) is 8.78 Å². The highest BCUT2D eigenvalue weighted by molar-refractivity contribution is 5.75. The molecule has 0 fully saturated rings. The van der Waals surface area contributed by atoms with Crippen molar-refractivity contribution in [3.05, 3.63) is 35.4 Å². The Morgan fingerprint density at radius 1 is 1.29 bits per heavy atom. The molecule has 0 radical (unpaired) electrons. The largest absolute Gasteiger partial charge is 0.396 e. The number of benzene rings is 1. The molecule has 0 saturated carbocycles. The highest BCUT2D eigenvalue weighted by Gasteiger charge is 2.05. The van der Waals surface area contributed by atoms with E-state index in [1.165, 1.54) is 6.07 Å². The number of halogens is 2. The minimum atomic E-state index is -0.666. The van der Waals surface area contributed by atoms with Gasteiger partial charge in [0.05, 0.1) is 0 Å². The van der Waals surface area contributed by atoms with Crippen LogP contribution in [0.4, 0.5) is 8.78 Å². The predicted molar refractivity (Wildman–Crippen MR) is 59.1 cm³/mol. The Hall–Kier alpha value is -1.49. The van der Waals surface area contributed by atoms with Gasteiger partial charge < -0.3 is 10.4 Å². The summed E-state index contributed by atoms with van der Waals surface area (Å²) in [7, 11) is 0. The number of carbonyl (C=O) groups excluding carboxylic acids is 1. The Balaban J connectivity index is 2.37. The minimum absolute atomic E-state index is 0.0457. The van der Waals surface area contributed by atoms with E-state index in [0.717, 1.165) is 12.1 Å². The summed E-state index contributed by atoms with van der Waals surface area (Å²) < 4.78 is 25.8. The first-order chi connectivity index (χ1) is 8.13. The number of hydrogen-bond donors (Lipinski definition) is 2. The van der Waals surface area contributed by atoms with Crippen LogP contribution in [-0.4, -0.2) is 17.6 Å². The molecule has 17 heavy (non-hydrogen) atoms. The summed E-state index contributed by atoms with van der Waals surface area (Å²) in [5, 5.41) is 11.1.